The molecule has 0 fully saturated rings. The first-order valence-electron chi connectivity index (χ1n) is 8.72. The van der Waals surface area contributed by atoms with Gasteiger partial charge in [0.2, 0.25) is 0 Å². The molecule has 0 spiro atoms. The van der Waals surface area contributed by atoms with E-state index in [1.807, 2.05) is 0 Å². The lowest BCUT2D eigenvalue weighted by Gasteiger charge is -2.17. The van der Waals surface area contributed by atoms with Gasteiger partial charge in [-0.3, -0.25) is 4.79 Å². The SMILES string of the molecule is O=C(NC(C(=O)OCc1ccc(OC(F)(F)F)cc1)c1ccccc1)c1ccco1. The van der Waals surface area contributed by atoms with E-state index in [9.17, 15) is 22.8 Å². The molecule has 0 aliphatic heterocycles. The molecule has 156 valence electrons. The molecule has 0 bridgehead atoms. The highest BCUT2D eigenvalue weighted by Gasteiger charge is 2.31. The molecule has 3 rings (SSSR count). The zero-order valence-corrected chi connectivity index (χ0v) is 15.4. The number of nitrogens with one attached hydrogen (secondary N) is 1. The van der Waals surface area contributed by atoms with Crippen LogP contribution in [0.15, 0.2) is 77.4 Å². The minimum Gasteiger partial charge on any atom is -0.459 e. The number of esters is 1. The number of benzene rings is 2. The van der Waals surface area contributed by atoms with Gasteiger partial charge in [-0.05, 0) is 35.4 Å². The molecule has 1 aromatic heterocycles. The molecule has 1 heterocycles. The molecule has 6 nitrogen and oxygen atoms in total. The zero-order valence-electron chi connectivity index (χ0n) is 15.4. The summed E-state index contributed by atoms with van der Waals surface area (Å²) >= 11 is 0. The average molecular weight is 419 g/mol. The van der Waals surface area contributed by atoms with Crippen molar-refractivity contribution in [3.63, 3.8) is 0 Å². The minimum atomic E-state index is -4.79. The molecule has 0 aliphatic rings. The number of hydrogen-bond donors (Lipinski definition) is 1. The Bertz CT molecular complexity index is 970. The van der Waals surface area contributed by atoms with Crippen LogP contribution in [0.1, 0.15) is 27.7 Å². The standard InChI is InChI=1S/C21H16F3NO5/c22-21(23,24)30-16-10-8-14(9-11-16)13-29-20(27)18(15-5-2-1-3-6-15)25-19(26)17-7-4-12-28-17/h1-12,18H,13H2,(H,25,26). The third-order valence-corrected chi connectivity index (χ3v) is 3.93. The van der Waals surface area contributed by atoms with Crippen molar-refractivity contribution < 1.29 is 36.7 Å². The van der Waals surface area contributed by atoms with Gasteiger partial charge >= 0.3 is 12.3 Å². The van der Waals surface area contributed by atoms with Crippen molar-refractivity contribution in [3.05, 3.63) is 89.9 Å². The first kappa shape index (κ1) is 21.0. The molecular weight excluding hydrogens is 403 g/mol. The van der Waals surface area contributed by atoms with Gasteiger partial charge in [0.05, 0.1) is 6.26 Å². The maximum Gasteiger partial charge on any atom is 0.573 e. The number of rotatable bonds is 7. The highest BCUT2D eigenvalue weighted by molar-refractivity contribution is 5.94. The summed E-state index contributed by atoms with van der Waals surface area (Å²) in [6.45, 7) is -0.203. The van der Waals surface area contributed by atoms with Crippen molar-refractivity contribution in [2.75, 3.05) is 0 Å². The van der Waals surface area contributed by atoms with Crippen LogP contribution in [-0.4, -0.2) is 18.2 Å². The fraction of sp³-hybridized carbons (Fsp3) is 0.143. The number of halogens is 3. The maximum atomic E-state index is 12.6. The number of furan rings is 1. The van der Waals surface area contributed by atoms with Crippen molar-refractivity contribution in [3.8, 4) is 5.75 Å². The smallest absolute Gasteiger partial charge is 0.459 e. The van der Waals surface area contributed by atoms with Gasteiger partial charge in [-0.2, -0.15) is 0 Å². The molecule has 9 heteroatoms. The van der Waals surface area contributed by atoms with E-state index >= 15 is 0 Å². The van der Waals surface area contributed by atoms with Gasteiger partial charge < -0.3 is 19.2 Å². The molecule has 0 saturated heterocycles. The minimum absolute atomic E-state index is 0.0315. The van der Waals surface area contributed by atoms with Crippen LogP contribution < -0.4 is 10.1 Å². The lowest BCUT2D eigenvalue weighted by Crippen LogP contribution is -2.34. The Balaban J connectivity index is 1.67. The molecule has 0 aliphatic carbocycles. The maximum absolute atomic E-state index is 12.6. The van der Waals surface area contributed by atoms with Gasteiger partial charge in [0, 0.05) is 0 Å². The average Bonchev–Trinajstić information content (AvgIpc) is 3.26. The predicted octanol–water partition coefficient (Wildman–Crippen LogP) is 4.39. The van der Waals surface area contributed by atoms with Crippen molar-refractivity contribution in [2.45, 2.75) is 19.0 Å². The Morgan fingerprint density at radius 2 is 1.67 bits per heavy atom. The van der Waals surface area contributed by atoms with Crippen LogP contribution >= 0.6 is 0 Å². The third kappa shape index (κ3) is 5.87. The summed E-state index contributed by atoms with van der Waals surface area (Å²) in [5, 5.41) is 2.55. The van der Waals surface area contributed by atoms with Crippen LogP contribution in [-0.2, 0) is 16.1 Å². The normalized spacial score (nSPS) is 12.1. The number of alkyl halides is 3. The van der Waals surface area contributed by atoms with Gasteiger partial charge in [0.25, 0.3) is 5.91 Å². The van der Waals surface area contributed by atoms with Crippen LogP contribution in [0.5, 0.6) is 5.75 Å². The van der Waals surface area contributed by atoms with Crippen LogP contribution in [0, 0.1) is 0 Å². The lowest BCUT2D eigenvalue weighted by atomic mass is 10.1. The van der Waals surface area contributed by atoms with Gasteiger partial charge in [-0.25, -0.2) is 4.79 Å². The van der Waals surface area contributed by atoms with Crippen molar-refractivity contribution in [1.82, 2.24) is 5.32 Å². The van der Waals surface area contributed by atoms with Crippen molar-refractivity contribution in [2.24, 2.45) is 0 Å². The van der Waals surface area contributed by atoms with E-state index in [2.05, 4.69) is 10.1 Å². The molecule has 0 saturated carbocycles. The molecule has 0 radical (unpaired) electrons. The molecule has 1 unspecified atom stereocenters. The lowest BCUT2D eigenvalue weighted by molar-refractivity contribution is -0.274. The van der Waals surface area contributed by atoms with Crippen molar-refractivity contribution in [1.29, 1.82) is 0 Å². The number of amides is 1. The van der Waals surface area contributed by atoms with Crippen LogP contribution in [0.2, 0.25) is 0 Å². The summed E-state index contributed by atoms with van der Waals surface area (Å²) in [4.78, 5) is 24.9. The Morgan fingerprint density at radius 3 is 2.27 bits per heavy atom. The fourth-order valence-corrected chi connectivity index (χ4v) is 2.56. The van der Waals surface area contributed by atoms with E-state index < -0.39 is 24.3 Å². The van der Waals surface area contributed by atoms with Crippen LogP contribution in [0.3, 0.4) is 0 Å². The molecule has 1 amide bonds. The molecule has 3 aromatic rings. The van der Waals surface area contributed by atoms with E-state index in [4.69, 9.17) is 9.15 Å². The van der Waals surface area contributed by atoms with E-state index in [0.29, 0.717) is 11.1 Å². The predicted molar refractivity (Wildman–Crippen MR) is 98.3 cm³/mol. The van der Waals surface area contributed by atoms with Gasteiger partial charge in [-0.15, -0.1) is 13.2 Å². The summed E-state index contributed by atoms with van der Waals surface area (Å²) < 4.78 is 50.7. The quantitative estimate of drug-likeness (QED) is 0.575. The summed E-state index contributed by atoms with van der Waals surface area (Å²) in [6.07, 6.45) is -3.46. The van der Waals surface area contributed by atoms with Crippen LogP contribution in [0.25, 0.3) is 0 Å². The zero-order chi connectivity index (χ0) is 21.6. The summed E-state index contributed by atoms with van der Waals surface area (Å²) in [5.74, 6) is -1.69. The highest BCUT2D eigenvalue weighted by Crippen LogP contribution is 2.23. The molecule has 1 atom stereocenters. The second-order valence-electron chi connectivity index (χ2n) is 6.09. The second-order valence-corrected chi connectivity index (χ2v) is 6.09. The molecule has 30 heavy (non-hydrogen) atoms. The number of ether oxygens (including phenoxy) is 2. The summed E-state index contributed by atoms with van der Waals surface area (Å²) in [6, 6.07) is 15.3. The van der Waals surface area contributed by atoms with Gasteiger partial charge in [-0.1, -0.05) is 42.5 Å². The summed E-state index contributed by atoms with van der Waals surface area (Å²) in [7, 11) is 0. The molecule has 1 N–H and O–H groups in total. The van der Waals surface area contributed by atoms with Crippen LogP contribution in [0.4, 0.5) is 13.2 Å². The van der Waals surface area contributed by atoms with E-state index in [-0.39, 0.29) is 18.1 Å². The monoisotopic (exact) mass is 419 g/mol. The Kier molecular flexibility index (Phi) is 6.41. The van der Waals surface area contributed by atoms with Gasteiger partial charge in [0.15, 0.2) is 11.8 Å². The van der Waals surface area contributed by atoms with E-state index in [1.54, 1.807) is 30.3 Å². The number of hydrogen-bond acceptors (Lipinski definition) is 5. The van der Waals surface area contributed by atoms with Gasteiger partial charge in [0.1, 0.15) is 12.4 Å². The Morgan fingerprint density at radius 1 is 0.967 bits per heavy atom. The Hall–Kier alpha value is -3.75. The molecule has 2 aromatic carbocycles. The van der Waals surface area contributed by atoms with E-state index in [0.717, 1.165) is 12.1 Å². The Labute approximate surface area is 169 Å². The highest BCUT2D eigenvalue weighted by atomic mass is 19.4. The topological polar surface area (TPSA) is 77.8 Å². The fourth-order valence-electron chi connectivity index (χ4n) is 2.56. The second kappa shape index (κ2) is 9.17. The largest absolute Gasteiger partial charge is 0.573 e. The number of carbonyl (C=O) groups excluding carboxylic acids is 2. The first-order chi connectivity index (χ1) is 14.3. The van der Waals surface area contributed by atoms with E-state index in [1.165, 1.54) is 30.5 Å². The molecular formula is C21H16F3NO5. The summed E-state index contributed by atoms with van der Waals surface area (Å²) in [5.41, 5.74) is 0.943. The number of carbonyl (C=O) groups is 2. The first-order valence-corrected chi connectivity index (χ1v) is 8.72. The van der Waals surface area contributed by atoms with Crippen molar-refractivity contribution >= 4 is 11.9 Å². The third-order valence-electron chi connectivity index (χ3n) is 3.93.